The maximum absolute atomic E-state index is 11.9. The van der Waals surface area contributed by atoms with Crippen LogP contribution in [0, 0.1) is 0 Å². The summed E-state index contributed by atoms with van der Waals surface area (Å²) in [6.07, 6.45) is 1.53. The molecular formula is C12H14BrNO3S. The predicted molar refractivity (Wildman–Crippen MR) is 74.3 cm³/mol. The highest BCUT2D eigenvalue weighted by molar-refractivity contribution is 9.10. The van der Waals surface area contributed by atoms with Crippen LogP contribution >= 0.6 is 15.9 Å². The van der Waals surface area contributed by atoms with Crippen LogP contribution in [0.4, 0.5) is 0 Å². The van der Waals surface area contributed by atoms with Gasteiger partial charge in [-0.15, -0.1) is 0 Å². The topological polar surface area (TPSA) is 57.6 Å². The van der Waals surface area contributed by atoms with E-state index in [0.717, 1.165) is 10.0 Å². The van der Waals surface area contributed by atoms with Crippen molar-refractivity contribution in [1.29, 1.82) is 0 Å². The van der Waals surface area contributed by atoms with E-state index in [1.807, 2.05) is 24.3 Å². The van der Waals surface area contributed by atoms with Crippen LogP contribution in [-0.2, 0) is 10.0 Å². The van der Waals surface area contributed by atoms with E-state index in [2.05, 4.69) is 15.9 Å². The van der Waals surface area contributed by atoms with E-state index in [0.29, 0.717) is 13.0 Å². The summed E-state index contributed by atoms with van der Waals surface area (Å²) in [5.74, 6) is 0. The van der Waals surface area contributed by atoms with Crippen molar-refractivity contribution in [2.75, 3.05) is 13.1 Å². The molecule has 1 aliphatic rings. The van der Waals surface area contributed by atoms with Crippen molar-refractivity contribution >= 4 is 32.0 Å². The summed E-state index contributed by atoms with van der Waals surface area (Å²) in [5, 5.41) is 10.5. The molecule has 0 bridgehead atoms. The van der Waals surface area contributed by atoms with Gasteiger partial charge in [-0.2, -0.15) is 4.31 Å². The summed E-state index contributed by atoms with van der Waals surface area (Å²) in [4.78, 5) is 0. The first kappa shape index (κ1) is 13.7. The zero-order chi connectivity index (χ0) is 13.2. The number of aliphatic hydroxyl groups is 1. The molecular weight excluding hydrogens is 318 g/mol. The minimum atomic E-state index is -3.42. The number of β-amino-alcohol motifs (C(OH)–C–C–N with tert-alkyl or cyclic N) is 1. The first-order chi connectivity index (χ1) is 8.47. The summed E-state index contributed by atoms with van der Waals surface area (Å²) in [5.41, 5.74) is 0.821. The minimum absolute atomic E-state index is 0.188. The van der Waals surface area contributed by atoms with Crippen LogP contribution in [0.2, 0.25) is 0 Å². The van der Waals surface area contributed by atoms with Crippen molar-refractivity contribution in [3.63, 3.8) is 0 Å². The molecule has 18 heavy (non-hydrogen) atoms. The molecule has 98 valence electrons. The second-order valence-electron chi connectivity index (χ2n) is 4.20. The van der Waals surface area contributed by atoms with Gasteiger partial charge in [0.2, 0.25) is 10.0 Å². The number of rotatable bonds is 3. The number of benzene rings is 1. The van der Waals surface area contributed by atoms with Crippen molar-refractivity contribution in [2.45, 2.75) is 12.5 Å². The minimum Gasteiger partial charge on any atom is -0.392 e. The van der Waals surface area contributed by atoms with E-state index in [-0.39, 0.29) is 6.54 Å². The van der Waals surface area contributed by atoms with Gasteiger partial charge in [0.1, 0.15) is 0 Å². The fraction of sp³-hybridized carbons (Fsp3) is 0.333. The number of sulfonamides is 1. The lowest BCUT2D eigenvalue weighted by atomic mass is 10.2. The van der Waals surface area contributed by atoms with Gasteiger partial charge in [0.05, 0.1) is 6.10 Å². The lowest BCUT2D eigenvalue weighted by Crippen LogP contribution is -2.27. The molecule has 4 nitrogen and oxygen atoms in total. The van der Waals surface area contributed by atoms with Crippen LogP contribution < -0.4 is 0 Å². The SMILES string of the molecule is O=S(=O)(/C=C/c1ccc(Br)cc1)N1CC[C@H](O)C1. The number of halogens is 1. The Morgan fingerprint density at radius 3 is 2.56 bits per heavy atom. The molecule has 0 radical (unpaired) electrons. The highest BCUT2D eigenvalue weighted by Gasteiger charge is 2.28. The average Bonchev–Trinajstić information content (AvgIpc) is 2.76. The standard InChI is InChI=1S/C12H14BrNO3S/c13-11-3-1-10(2-4-11)6-8-18(16,17)14-7-5-12(15)9-14/h1-4,6,8,12,15H,5,7,9H2/b8-6+/t12-/m0/s1. The Morgan fingerprint density at radius 1 is 1.33 bits per heavy atom. The molecule has 1 aromatic rings. The molecule has 1 aliphatic heterocycles. The molecule has 0 aliphatic carbocycles. The monoisotopic (exact) mass is 331 g/mol. The first-order valence-electron chi connectivity index (χ1n) is 5.59. The molecule has 1 atom stereocenters. The fourth-order valence-electron chi connectivity index (χ4n) is 1.77. The molecule has 1 aromatic carbocycles. The summed E-state index contributed by atoms with van der Waals surface area (Å²) in [6.45, 7) is 0.571. The predicted octanol–water partition coefficient (Wildman–Crippen LogP) is 1.82. The molecule has 1 fully saturated rings. The molecule has 0 unspecified atom stereocenters. The third-order valence-electron chi connectivity index (χ3n) is 2.79. The summed E-state index contributed by atoms with van der Waals surface area (Å²) in [7, 11) is -3.42. The van der Waals surface area contributed by atoms with Crippen LogP contribution in [0.25, 0.3) is 6.08 Å². The first-order valence-corrected chi connectivity index (χ1v) is 7.89. The van der Waals surface area contributed by atoms with Crippen LogP contribution in [-0.4, -0.2) is 37.0 Å². The molecule has 0 amide bonds. The lowest BCUT2D eigenvalue weighted by Gasteiger charge is -2.11. The van der Waals surface area contributed by atoms with Gasteiger partial charge in [-0.1, -0.05) is 28.1 Å². The fourth-order valence-corrected chi connectivity index (χ4v) is 3.27. The van der Waals surface area contributed by atoms with Crippen molar-refractivity contribution in [3.05, 3.63) is 39.7 Å². The molecule has 0 spiro atoms. The normalized spacial score (nSPS) is 21.8. The average molecular weight is 332 g/mol. The summed E-state index contributed by atoms with van der Waals surface area (Å²) >= 11 is 3.32. The van der Waals surface area contributed by atoms with Crippen LogP contribution in [0.15, 0.2) is 34.1 Å². The van der Waals surface area contributed by atoms with E-state index in [1.54, 1.807) is 6.08 Å². The Bertz CT molecular complexity index is 539. The third kappa shape index (κ3) is 3.41. The highest BCUT2D eigenvalue weighted by Crippen LogP contribution is 2.16. The van der Waals surface area contributed by atoms with E-state index < -0.39 is 16.1 Å². The van der Waals surface area contributed by atoms with E-state index in [9.17, 15) is 13.5 Å². The molecule has 6 heteroatoms. The number of aliphatic hydroxyl groups excluding tert-OH is 1. The Labute approximate surface area is 115 Å². The van der Waals surface area contributed by atoms with Gasteiger partial charge in [0, 0.05) is 23.0 Å². The third-order valence-corrected chi connectivity index (χ3v) is 4.85. The number of nitrogens with zero attached hydrogens (tertiary/aromatic N) is 1. The van der Waals surface area contributed by atoms with Crippen LogP contribution in [0.3, 0.4) is 0 Å². The van der Waals surface area contributed by atoms with Crippen LogP contribution in [0.1, 0.15) is 12.0 Å². The van der Waals surface area contributed by atoms with Gasteiger partial charge in [-0.3, -0.25) is 0 Å². The maximum Gasteiger partial charge on any atom is 0.236 e. The maximum atomic E-state index is 11.9. The Kier molecular flexibility index (Phi) is 4.21. The van der Waals surface area contributed by atoms with Gasteiger partial charge in [-0.25, -0.2) is 8.42 Å². The Hall–Kier alpha value is -0.690. The van der Waals surface area contributed by atoms with Gasteiger partial charge < -0.3 is 5.11 Å². The summed E-state index contributed by atoms with van der Waals surface area (Å²) < 4.78 is 26.1. The van der Waals surface area contributed by atoms with Gasteiger partial charge in [0.15, 0.2) is 0 Å². The molecule has 1 heterocycles. The van der Waals surface area contributed by atoms with Crippen molar-refractivity contribution in [3.8, 4) is 0 Å². The molecule has 0 aromatic heterocycles. The van der Waals surface area contributed by atoms with Gasteiger partial charge in [0.25, 0.3) is 0 Å². The Morgan fingerprint density at radius 2 is 2.00 bits per heavy atom. The van der Waals surface area contributed by atoms with E-state index in [4.69, 9.17) is 0 Å². The smallest absolute Gasteiger partial charge is 0.236 e. The molecule has 1 N–H and O–H groups in total. The second kappa shape index (κ2) is 5.52. The van der Waals surface area contributed by atoms with Crippen molar-refractivity contribution in [2.24, 2.45) is 0 Å². The van der Waals surface area contributed by atoms with Crippen molar-refractivity contribution in [1.82, 2.24) is 4.31 Å². The zero-order valence-corrected chi connectivity index (χ0v) is 12.1. The number of hydrogen-bond acceptors (Lipinski definition) is 3. The highest BCUT2D eigenvalue weighted by atomic mass is 79.9. The largest absolute Gasteiger partial charge is 0.392 e. The molecule has 1 saturated heterocycles. The van der Waals surface area contributed by atoms with Crippen LogP contribution in [0.5, 0.6) is 0 Å². The quantitative estimate of drug-likeness (QED) is 0.919. The summed E-state index contributed by atoms with van der Waals surface area (Å²) in [6, 6.07) is 7.36. The van der Waals surface area contributed by atoms with E-state index in [1.165, 1.54) is 9.71 Å². The zero-order valence-electron chi connectivity index (χ0n) is 9.66. The van der Waals surface area contributed by atoms with Gasteiger partial charge >= 0.3 is 0 Å². The lowest BCUT2D eigenvalue weighted by molar-refractivity contribution is 0.189. The van der Waals surface area contributed by atoms with Gasteiger partial charge in [-0.05, 0) is 30.2 Å². The molecule has 2 rings (SSSR count). The molecule has 0 saturated carbocycles. The van der Waals surface area contributed by atoms with E-state index >= 15 is 0 Å². The Balaban J connectivity index is 2.10. The second-order valence-corrected chi connectivity index (χ2v) is 6.93. The number of hydrogen-bond donors (Lipinski definition) is 1. The van der Waals surface area contributed by atoms with Crippen molar-refractivity contribution < 1.29 is 13.5 Å².